The van der Waals surface area contributed by atoms with Crippen LogP contribution in [0, 0.1) is 0 Å². The van der Waals surface area contributed by atoms with Gasteiger partial charge in [0.15, 0.2) is 0 Å². The predicted molar refractivity (Wildman–Crippen MR) is 108 cm³/mol. The molecule has 0 atom stereocenters. The lowest BCUT2D eigenvalue weighted by Crippen LogP contribution is -2.32. The van der Waals surface area contributed by atoms with Gasteiger partial charge >= 0.3 is 11.8 Å². The van der Waals surface area contributed by atoms with Gasteiger partial charge in [0.25, 0.3) is 0 Å². The van der Waals surface area contributed by atoms with E-state index in [2.05, 4.69) is 15.8 Å². The predicted octanol–water partition coefficient (Wildman–Crippen LogP) is 2.95. The van der Waals surface area contributed by atoms with E-state index in [-0.39, 0.29) is 0 Å². The highest BCUT2D eigenvalue weighted by molar-refractivity contribution is 6.40. The van der Waals surface area contributed by atoms with Gasteiger partial charge in [-0.1, -0.05) is 36.4 Å². The molecule has 0 aliphatic heterocycles. The first-order valence-corrected chi connectivity index (χ1v) is 8.46. The largest absolute Gasteiger partial charge is 0.497 e. The lowest BCUT2D eigenvalue weighted by Gasteiger charge is -2.08. The zero-order chi connectivity index (χ0) is 19.9. The van der Waals surface area contributed by atoms with E-state index in [4.69, 9.17) is 9.47 Å². The van der Waals surface area contributed by atoms with Gasteiger partial charge in [-0.15, -0.1) is 0 Å². The molecule has 0 unspecified atom stereocenters. The molecular weight excluding hydrogens is 358 g/mol. The Kier molecular flexibility index (Phi) is 5.86. The van der Waals surface area contributed by atoms with Crippen molar-refractivity contribution in [1.82, 2.24) is 5.43 Å². The molecule has 0 heterocycles. The molecule has 0 aliphatic carbocycles. The number of rotatable bonds is 5. The second kappa shape index (κ2) is 8.68. The fourth-order valence-electron chi connectivity index (χ4n) is 2.67. The number of carbonyl (C=O) groups excluding carboxylic acids is 2. The Bertz CT molecular complexity index is 1040. The summed E-state index contributed by atoms with van der Waals surface area (Å²) in [5, 5.41) is 8.24. The first kappa shape index (κ1) is 18.9. The molecule has 0 saturated carbocycles. The topological polar surface area (TPSA) is 89.0 Å². The van der Waals surface area contributed by atoms with Crippen LogP contribution in [0.4, 0.5) is 5.69 Å². The summed E-state index contributed by atoms with van der Waals surface area (Å²) in [5.74, 6) is -0.529. The minimum absolute atomic E-state index is 0.552. The molecule has 3 rings (SSSR count). The van der Waals surface area contributed by atoms with Gasteiger partial charge in [0.1, 0.15) is 11.5 Å². The molecule has 0 saturated heterocycles. The highest BCUT2D eigenvalue weighted by atomic mass is 16.5. The Balaban J connectivity index is 1.68. The van der Waals surface area contributed by atoms with Crippen LogP contribution in [0.25, 0.3) is 10.8 Å². The van der Waals surface area contributed by atoms with E-state index in [1.165, 1.54) is 13.3 Å². The molecule has 3 aromatic carbocycles. The number of hydrogen-bond acceptors (Lipinski definition) is 5. The summed E-state index contributed by atoms with van der Waals surface area (Å²) < 4.78 is 10.4. The van der Waals surface area contributed by atoms with Crippen LogP contribution in [0.2, 0.25) is 0 Å². The molecule has 0 fully saturated rings. The quantitative estimate of drug-likeness (QED) is 0.406. The van der Waals surface area contributed by atoms with Gasteiger partial charge in [0.2, 0.25) is 0 Å². The number of ether oxygens (including phenoxy) is 2. The maximum absolute atomic E-state index is 12.2. The van der Waals surface area contributed by atoms with E-state index in [0.29, 0.717) is 22.7 Å². The van der Waals surface area contributed by atoms with Gasteiger partial charge in [0.05, 0.1) is 20.4 Å². The summed E-state index contributed by atoms with van der Waals surface area (Å²) >= 11 is 0. The smallest absolute Gasteiger partial charge is 0.329 e. The van der Waals surface area contributed by atoms with Crippen LogP contribution in [0.1, 0.15) is 5.56 Å². The normalized spacial score (nSPS) is 10.6. The van der Waals surface area contributed by atoms with Crippen LogP contribution in [-0.4, -0.2) is 32.2 Å². The molecule has 0 spiro atoms. The van der Waals surface area contributed by atoms with Gasteiger partial charge < -0.3 is 14.8 Å². The third-order valence-corrected chi connectivity index (χ3v) is 4.05. The van der Waals surface area contributed by atoms with Crippen LogP contribution in [0.3, 0.4) is 0 Å². The zero-order valence-electron chi connectivity index (χ0n) is 15.4. The Morgan fingerprint density at radius 2 is 1.71 bits per heavy atom. The summed E-state index contributed by atoms with van der Waals surface area (Å²) in [6, 6.07) is 18.2. The lowest BCUT2D eigenvalue weighted by atomic mass is 10.1. The first-order chi connectivity index (χ1) is 13.6. The van der Waals surface area contributed by atoms with Gasteiger partial charge in [-0.3, -0.25) is 9.59 Å². The number of methoxy groups -OCH3 is 2. The number of nitrogens with zero attached hydrogens (tertiary/aromatic N) is 1. The molecule has 7 heteroatoms. The van der Waals surface area contributed by atoms with Gasteiger partial charge in [0, 0.05) is 16.6 Å². The summed E-state index contributed by atoms with van der Waals surface area (Å²) in [7, 11) is 3.07. The van der Waals surface area contributed by atoms with Gasteiger partial charge in [-0.25, -0.2) is 5.43 Å². The second-order valence-electron chi connectivity index (χ2n) is 5.79. The van der Waals surface area contributed by atoms with E-state index in [0.717, 1.165) is 10.8 Å². The van der Waals surface area contributed by atoms with Crippen molar-refractivity contribution in [2.24, 2.45) is 5.10 Å². The Morgan fingerprint density at radius 3 is 2.50 bits per heavy atom. The maximum Gasteiger partial charge on any atom is 0.329 e. The number of fused-ring (bicyclic) bond motifs is 1. The molecule has 2 amide bonds. The van der Waals surface area contributed by atoms with Crippen molar-refractivity contribution in [2.75, 3.05) is 19.5 Å². The van der Waals surface area contributed by atoms with E-state index in [9.17, 15) is 9.59 Å². The summed E-state index contributed by atoms with van der Waals surface area (Å²) in [5.41, 5.74) is 3.36. The average molecular weight is 377 g/mol. The van der Waals surface area contributed by atoms with Crippen molar-refractivity contribution in [3.05, 3.63) is 66.2 Å². The molecule has 0 aromatic heterocycles. The number of hydrazone groups is 1. The first-order valence-electron chi connectivity index (χ1n) is 8.46. The van der Waals surface area contributed by atoms with Gasteiger partial charge in [-0.05, 0) is 29.7 Å². The summed E-state index contributed by atoms with van der Waals surface area (Å²) in [6.45, 7) is 0. The highest BCUT2D eigenvalue weighted by Gasteiger charge is 2.14. The van der Waals surface area contributed by atoms with E-state index in [1.807, 2.05) is 36.4 Å². The van der Waals surface area contributed by atoms with Gasteiger partial charge in [-0.2, -0.15) is 5.10 Å². The van der Waals surface area contributed by atoms with Crippen LogP contribution in [0.5, 0.6) is 11.5 Å². The number of nitrogens with one attached hydrogen (secondary N) is 2. The van der Waals surface area contributed by atoms with Crippen molar-refractivity contribution in [2.45, 2.75) is 0 Å². The average Bonchev–Trinajstić information content (AvgIpc) is 2.73. The van der Waals surface area contributed by atoms with Crippen molar-refractivity contribution in [1.29, 1.82) is 0 Å². The number of benzene rings is 3. The van der Waals surface area contributed by atoms with E-state index in [1.54, 1.807) is 31.4 Å². The molecule has 0 radical (unpaired) electrons. The Hall–Kier alpha value is -3.87. The van der Waals surface area contributed by atoms with E-state index < -0.39 is 11.8 Å². The second-order valence-corrected chi connectivity index (χ2v) is 5.79. The fourth-order valence-corrected chi connectivity index (χ4v) is 2.67. The summed E-state index contributed by atoms with van der Waals surface area (Å²) in [6.07, 6.45) is 1.38. The maximum atomic E-state index is 12.2. The van der Waals surface area contributed by atoms with Crippen LogP contribution in [-0.2, 0) is 9.59 Å². The van der Waals surface area contributed by atoms with Crippen molar-refractivity contribution < 1.29 is 19.1 Å². The molecule has 28 heavy (non-hydrogen) atoms. The number of carbonyl (C=O) groups is 2. The molecule has 142 valence electrons. The number of anilines is 1. The van der Waals surface area contributed by atoms with Crippen molar-refractivity contribution >= 4 is 34.5 Å². The lowest BCUT2D eigenvalue weighted by molar-refractivity contribution is -0.136. The molecule has 0 aliphatic rings. The summed E-state index contributed by atoms with van der Waals surface area (Å²) in [4.78, 5) is 24.2. The van der Waals surface area contributed by atoms with Crippen molar-refractivity contribution in [3.63, 3.8) is 0 Å². The SMILES string of the molecule is COc1ccc(OC)c(/C=N\NC(=O)C(=O)Nc2cccc3ccccc23)c1. The number of amides is 2. The third kappa shape index (κ3) is 4.27. The monoisotopic (exact) mass is 377 g/mol. The molecular formula is C21H19N3O4. The third-order valence-electron chi connectivity index (χ3n) is 4.05. The standard InChI is InChI=1S/C21H19N3O4/c1-27-16-10-11-19(28-2)15(12-16)13-22-24-21(26)20(25)23-18-9-5-7-14-6-3-4-8-17(14)18/h3-13H,1-2H3,(H,23,25)(H,24,26)/b22-13-. The molecule has 3 aromatic rings. The molecule has 7 nitrogen and oxygen atoms in total. The van der Waals surface area contributed by atoms with Crippen molar-refractivity contribution in [3.8, 4) is 11.5 Å². The van der Waals surface area contributed by atoms with Crippen LogP contribution in [0.15, 0.2) is 65.8 Å². The van der Waals surface area contributed by atoms with Crippen LogP contribution < -0.4 is 20.2 Å². The molecule has 2 N–H and O–H groups in total. The Labute approximate surface area is 162 Å². The van der Waals surface area contributed by atoms with E-state index >= 15 is 0 Å². The Morgan fingerprint density at radius 1 is 0.929 bits per heavy atom. The molecule has 0 bridgehead atoms. The zero-order valence-corrected chi connectivity index (χ0v) is 15.4. The minimum Gasteiger partial charge on any atom is -0.497 e. The highest BCUT2D eigenvalue weighted by Crippen LogP contribution is 2.23. The fraction of sp³-hybridized carbons (Fsp3) is 0.0952. The number of hydrogen-bond donors (Lipinski definition) is 2. The van der Waals surface area contributed by atoms with Crippen LogP contribution >= 0.6 is 0 Å². The minimum atomic E-state index is -0.883.